The van der Waals surface area contributed by atoms with Crippen LogP contribution in [0.15, 0.2) is 40.8 Å². The first-order chi connectivity index (χ1) is 14.1. The summed E-state index contributed by atoms with van der Waals surface area (Å²) in [6.45, 7) is 7.41. The Hall–Kier alpha value is -2.70. The van der Waals surface area contributed by atoms with E-state index < -0.39 is 17.6 Å². The van der Waals surface area contributed by atoms with E-state index in [1.165, 1.54) is 0 Å². The Bertz CT molecular complexity index is 1100. The molecule has 0 atom stereocenters. The molecule has 30 heavy (non-hydrogen) atoms. The fraction of sp³-hybridized carbons (Fsp3) is 0.273. The van der Waals surface area contributed by atoms with Crippen molar-refractivity contribution in [3.63, 3.8) is 0 Å². The molecule has 0 unspecified atom stereocenters. The molecule has 0 fully saturated rings. The number of amides is 2. The Kier molecular flexibility index (Phi) is 6.29. The van der Waals surface area contributed by atoms with Gasteiger partial charge in [-0.05, 0) is 45.9 Å². The van der Waals surface area contributed by atoms with Crippen molar-refractivity contribution >= 4 is 51.9 Å². The molecule has 1 aromatic heterocycles. The summed E-state index contributed by atoms with van der Waals surface area (Å²) >= 11 is 12.3. The van der Waals surface area contributed by atoms with Gasteiger partial charge in [0, 0.05) is 10.9 Å². The number of hydrogen-bond donors (Lipinski definition) is 2. The number of nitrogens with one attached hydrogen (secondary N) is 2. The second-order valence-electron chi connectivity index (χ2n) is 7.73. The third-order valence-corrected chi connectivity index (χ3v) is 4.90. The average Bonchev–Trinajstić information content (AvgIpc) is 2.95. The first-order valence-corrected chi connectivity index (χ1v) is 10.1. The van der Waals surface area contributed by atoms with Gasteiger partial charge in [-0.15, -0.1) is 0 Å². The van der Waals surface area contributed by atoms with Crippen molar-refractivity contribution in [1.82, 2.24) is 5.32 Å². The summed E-state index contributed by atoms with van der Waals surface area (Å²) < 4.78 is 11.2. The molecule has 158 valence electrons. The van der Waals surface area contributed by atoms with Crippen molar-refractivity contribution in [3.8, 4) is 0 Å². The number of alkyl carbamates (subject to hydrolysis) is 1. The molecule has 0 aliphatic heterocycles. The lowest BCUT2D eigenvalue weighted by Gasteiger charge is -2.19. The van der Waals surface area contributed by atoms with Crippen molar-refractivity contribution in [3.05, 3.63) is 63.3 Å². The number of hydrogen-bond acceptors (Lipinski definition) is 4. The van der Waals surface area contributed by atoms with Gasteiger partial charge in [-0.3, -0.25) is 4.79 Å². The van der Waals surface area contributed by atoms with E-state index in [1.807, 2.05) is 6.07 Å². The van der Waals surface area contributed by atoms with Crippen molar-refractivity contribution < 1.29 is 18.7 Å². The highest BCUT2D eigenvalue weighted by molar-refractivity contribution is 6.40. The Morgan fingerprint density at radius 3 is 2.33 bits per heavy atom. The minimum atomic E-state index is -0.588. The Morgan fingerprint density at radius 1 is 1.07 bits per heavy atom. The standard InChI is InChI=1S/C22H22Cl2N2O4/c1-12-14(11-25-21(28)30-22(2,3)4)13-7-5-10-17(19(13)29-12)26-20(27)18-15(23)8-6-9-16(18)24/h5-10H,11H2,1-4H3,(H,25,28)(H,26,27). The molecule has 0 spiro atoms. The Morgan fingerprint density at radius 2 is 1.70 bits per heavy atom. The van der Waals surface area contributed by atoms with Crippen LogP contribution in [0.5, 0.6) is 0 Å². The lowest BCUT2D eigenvalue weighted by molar-refractivity contribution is 0.0523. The molecular weight excluding hydrogens is 427 g/mol. The van der Waals surface area contributed by atoms with E-state index in [-0.39, 0.29) is 22.2 Å². The topological polar surface area (TPSA) is 80.6 Å². The number of halogens is 2. The number of carbonyl (C=O) groups is 2. The fourth-order valence-electron chi connectivity index (χ4n) is 2.98. The van der Waals surface area contributed by atoms with Gasteiger partial charge < -0.3 is 19.8 Å². The second-order valence-corrected chi connectivity index (χ2v) is 8.54. The van der Waals surface area contributed by atoms with Crippen molar-refractivity contribution in [2.24, 2.45) is 0 Å². The Labute approximate surface area is 184 Å². The van der Waals surface area contributed by atoms with Gasteiger partial charge in [0.1, 0.15) is 11.4 Å². The zero-order chi connectivity index (χ0) is 22.1. The molecule has 0 aliphatic carbocycles. The molecule has 0 bridgehead atoms. The summed E-state index contributed by atoms with van der Waals surface area (Å²) in [5.74, 6) is 0.180. The highest BCUT2D eigenvalue weighted by Gasteiger charge is 2.20. The molecule has 2 amide bonds. The van der Waals surface area contributed by atoms with E-state index in [0.717, 1.165) is 10.9 Å². The third kappa shape index (κ3) is 4.89. The van der Waals surface area contributed by atoms with Crippen LogP contribution < -0.4 is 10.6 Å². The number of furan rings is 1. The van der Waals surface area contributed by atoms with Gasteiger partial charge in [-0.25, -0.2) is 4.79 Å². The first kappa shape index (κ1) is 22.0. The predicted molar refractivity (Wildman–Crippen MR) is 118 cm³/mol. The largest absolute Gasteiger partial charge is 0.459 e. The van der Waals surface area contributed by atoms with Gasteiger partial charge in [0.25, 0.3) is 5.91 Å². The molecule has 0 aliphatic rings. The molecule has 1 heterocycles. The molecule has 0 saturated carbocycles. The first-order valence-electron chi connectivity index (χ1n) is 9.30. The normalized spacial score (nSPS) is 11.4. The van der Waals surface area contributed by atoms with Crippen LogP contribution in [0.3, 0.4) is 0 Å². The van der Waals surface area contributed by atoms with Gasteiger partial charge in [-0.1, -0.05) is 41.4 Å². The summed E-state index contributed by atoms with van der Waals surface area (Å²) in [5.41, 5.74) is 1.36. The van der Waals surface area contributed by atoms with E-state index in [2.05, 4.69) is 10.6 Å². The number of benzene rings is 2. The third-order valence-electron chi connectivity index (χ3n) is 4.27. The molecule has 2 aromatic carbocycles. The number of fused-ring (bicyclic) bond motifs is 1. The maximum Gasteiger partial charge on any atom is 0.407 e. The van der Waals surface area contributed by atoms with Crippen LogP contribution in [0.25, 0.3) is 11.0 Å². The maximum absolute atomic E-state index is 12.7. The van der Waals surface area contributed by atoms with E-state index >= 15 is 0 Å². The number of carbonyl (C=O) groups excluding carboxylic acids is 2. The minimum Gasteiger partial charge on any atom is -0.459 e. The number of rotatable bonds is 4. The maximum atomic E-state index is 12.7. The van der Waals surface area contributed by atoms with Gasteiger partial charge >= 0.3 is 6.09 Å². The average molecular weight is 449 g/mol. The predicted octanol–water partition coefficient (Wildman–Crippen LogP) is 6.33. The Balaban J connectivity index is 1.86. The zero-order valence-electron chi connectivity index (χ0n) is 17.1. The lowest BCUT2D eigenvalue weighted by atomic mass is 10.1. The molecular formula is C22H22Cl2N2O4. The van der Waals surface area contributed by atoms with Crippen molar-refractivity contribution in [1.29, 1.82) is 0 Å². The van der Waals surface area contributed by atoms with E-state index in [9.17, 15) is 9.59 Å². The van der Waals surface area contributed by atoms with Gasteiger partial charge in [0.2, 0.25) is 0 Å². The zero-order valence-corrected chi connectivity index (χ0v) is 18.6. The van der Waals surface area contributed by atoms with Gasteiger partial charge in [0.15, 0.2) is 5.58 Å². The van der Waals surface area contributed by atoms with Gasteiger partial charge in [-0.2, -0.15) is 0 Å². The smallest absolute Gasteiger partial charge is 0.407 e. The van der Waals surface area contributed by atoms with Crippen LogP contribution in [0.2, 0.25) is 10.0 Å². The SMILES string of the molecule is Cc1oc2c(NC(=O)c3c(Cl)cccc3Cl)cccc2c1CNC(=O)OC(C)(C)C. The van der Waals surface area contributed by atoms with Crippen molar-refractivity contribution in [2.75, 3.05) is 5.32 Å². The number of ether oxygens (including phenoxy) is 1. The highest BCUT2D eigenvalue weighted by atomic mass is 35.5. The van der Waals surface area contributed by atoms with Crippen LogP contribution in [0.1, 0.15) is 42.5 Å². The quantitative estimate of drug-likeness (QED) is 0.488. The number of para-hydroxylation sites is 1. The summed E-state index contributed by atoms with van der Waals surface area (Å²) in [4.78, 5) is 24.7. The molecule has 3 rings (SSSR count). The van der Waals surface area contributed by atoms with Crippen LogP contribution in [0, 0.1) is 6.92 Å². The summed E-state index contributed by atoms with van der Waals surface area (Å²) in [5, 5.41) is 6.82. The molecule has 3 aromatic rings. The highest BCUT2D eigenvalue weighted by Crippen LogP contribution is 2.32. The van der Waals surface area contributed by atoms with Crippen LogP contribution >= 0.6 is 23.2 Å². The number of anilines is 1. The second kappa shape index (κ2) is 8.58. The van der Waals surface area contributed by atoms with Gasteiger partial charge in [0.05, 0.1) is 27.8 Å². The minimum absolute atomic E-state index is 0.188. The molecule has 0 saturated heterocycles. The summed E-state index contributed by atoms with van der Waals surface area (Å²) in [7, 11) is 0. The van der Waals surface area contributed by atoms with Crippen LogP contribution in [-0.4, -0.2) is 17.6 Å². The lowest BCUT2D eigenvalue weighted by Crippen LogP contribution is -2.32. The van der Waals surface area contributed by atoms with Crippen LogP contribution in [-0.2, 0) is 11.3 Å². The molecule has 0 radical (unpaired) electrons. The molecule has 2 N–H and O–H groups in total. The van der Waals surface area contributed by atoms with Crippen LogP contribution in [0.4, 0.5) is 10.5 Å². The fourth-order valence-corrected chi connectivity index (χ4v) is 3.55. The summed E-state index contributed by atoms with van der Waals surface area (Å²) in [6.07, 6.45) is -0.519. The molecule has 6 nitrogen and oxygen atoms in total. The monoisotopic (exact) mass is 448 g/mol. The van der Waals surface area contributed by atoms with E-state index in [1.54, 1.807) is 58.0 Å². The molecule has 8 heteroatoms. The van der Waals surface area contributed by atoms with E-state index in [0.29, 0.717) is 17.0 Å². The summed E-state index contributed by atoms with van der Waals surface area (Å²) in [6, 6.07) is 10.2. The van der Waals surface area contributed by atoms with E-state index in [4.69, 9.17) is 32.4 Å². The number of aryl methyl sites for hydroxylation is 1. The van der Waals surface area contributed by atoms with Crippen molar-refractivity contribution in [2.45, 2.75) is 39.8 Å².